The number of aromatic hydroxyl groups is 1. The van der Waals surface area contributed by atoms with Crippen LogP contribution in [0, 0.1) is 6.08 Å². The number of rotatable bonds is 0. The van der Waals surface area contributed by atoms with E-state index in [9.17, 15) is 5.11 Å². The Kier molecular flexibility index (Phi) is 14.2. The van der Waals surface area contributed by atoms with Crippen molar-refractivity contribution in [2.24, 2.45) is 0 Å². The Bertz CT molecular complexity index is 467. The maximum Gasteiger partial charge on any atom is 3.00 e. The number of phenolic OH excluding ortho intramolecular Hbond substituents is 1. The van der Waals surface area contributed by atoms with Gasteiger partial charge in [0, 0.05) is 0 Å². The zero-order valence-electron chi connectivity index (χ0n) is 14.9. The normalized spacial score (nSPS) is 12.3. The average molecular weight is 479 g/mol. The van der Waals surface area contributed by atoms with Crippen LogP contribution in [0.1, 0.15) is 59.1 Å². The van der Waals surface area contributed by atoms with Crippen molar-refractivity contribution in [3.05, 3.63) is 53.6 Å². The molecule has 0 aromatic heterocycles. The van der Waals surface area contributed by atoms with E-state index in [1.54, 1.807) is 0 Å². The Morgan fingerprint density at radius 1 is 0.913 bits per heavy atom. The Hall–Kier alpha value is 0.174. The monoisotopic (exact) mass is 477 g/mol. The van der Waals surface area contributed by atoms with Gasteiger partial charge in [-0.3, -0.25) is 6.08 Å². The van der Waals surface area contributed by atoms with Crippen molar-refractivity contribution in [2.45, 2.75) is 58.8 Å². The molecule has 0 unspecified atom stereocenters. The number of benzene rings is 1. The second kappa shape index (κ2) is 11.7. The summed E-state index contributed by atoms with van der Waals surface area (Å²) in [5, 5.41) is 10.3. The first kappa shape index (κ1) is 28.0. The van der Waals surface area contributed by atoms with Crippen molar-refractivity contribution >= 4 is 0 Å². The topological polar surface area (TPSA) is 20.2 Å². The van der Waals surface area contributed by atoms with Gasteiger partial charge in [-0.15, -0.1) is 6.42 Å². The Morgan fingerprint density at radius 3 is 1.57 bits per heavy atom. The molecular formula is C19H27Br2OTi. The van der Waals surface area contributed by atoms with Crippen molar-refractivity contribution in [1.82, 2.24) is 0 Å². The van der Waals surface area contributed by atoms with E-state index in [1.807, 2.05) is 30.4 Å². The number of halogens is 2. The summed E-state index contributed by atoms with van der Waals surface area (Å²) in [5.74, 6) is 0.456. The molecule has 1 radical (unpaired) electrons. The molecular weight excluding hydrogens is 452 g/mol. The van der Waals surface area contributed by atoms with E-state index >= 15 is 0 Å². The first-order valence-electron chi connectivity index (χ1n) is 7.18. The molecule has 1 N–H and O–H groups in total. The molecule has 0 bridgehead atoms. The van der Waals surface area contributed by atoms with E-state index in [0.717, 1.165) is 17.5 Å². The second-order valence-corrected chi connectivity index (χ2v) is 7.20. The molecule has 1 aromatic rings. The zero-order valence-corrected chi connectivity index (χ0v) is 19.6. The maximum absolute atomic E-state index is 10.3. The number of phenols is 1. The summed E-state index contributed by atoms with van der Waals surface area (Å²) >= 11 is 0. The average Bonchev–Trinajstić information content (AvgIpc) is 2.84. The van der Waals surface area contributed by atoms with Gasteiger partial charge < -0.3 is 39.1 Å². The van der Waals surface area contributed by atoms with Crippen LogP contribution < -0.4 is 34.0 Å². The van der Waals surface area contributed by atoms with Crippen LogP contribution in [0.3, 0.4) is 0 Å². The van der Waals surface area contributed by atoms with E-state index in [-0.39, 0.29) is 66.5 Å². The maximum atomic E-state index is 10.3. The molecule has 0 aliphatic heterocycles. The van der Waals surface area contributed by atoms with Crippen molar-refractivity contribution < 1.29 is 60.8 Å². The van der Waals surface area contributed by atoms with Gasteiger partial charge in [0.2, 0.25) is 0 Å². The van der Waals surface area contributed by atoms with Gasteiger partial charge in [-0.1, -0.05) is 59.7 Å². The summed E-state index contributed by atoms with van der Waals surface area (Å²) in [7, 11) is 0. The van der Waals surface area contributed by atoms with Gasteiger partial charge in [0.1, 0.15) is 5.75 Å². The molecule has 4 heteroatoms. The quantitative estimate of drug-likeness (QED) is 0.386. The van der Waals surface area contributed by atoms with E-state index < -0.39 is 0 Å². The Morgan fingerprint density at radius 2 is 1.35 bits per heavy atom. The molecule has 0 amide bonds. The van der Waals surface area contributed by atoms with Crippen LogP contribution in [0.25, 0.3) is 0 Å². The minimum absolute atomic E-state index is 0. The number of para-hydroxylation sites is 1. The van der Waals surface area contributed by atoms with Gasteiger partial charge in [0.05, 0.1) is 0 Å². The first-order chi connectivity index (χ1) is 9.14. The van der Waals surface area contributed by atoms with Gasteiger partial charge >= 0.3 is 21.7 Å². The summed E-state index contributed by atoms with van der Waals surface area (Å²) in [6.07, 6.45) is 10.0. The second-order valence-electron chi connectivity index (χ2n) is 7.20. The fourth-order valence-electron chi connectivity index (χ4n) is 2.09. The fraction of sp³-hybridized carbons (Fsp3) is 0.474. The molecule has 127 valence electrons. The third kappa shape index (κ3) is 9.29. The van der Waals surface area contributed by atoms with Crippen LogP contribution >= 0.6 is 0 Å². The first-order valence-corrected chi connectivity index (χ1v) is 7.18. The number of hydrogen-bond donors (Lipinski definition) is 1. The van der Waals surface area contributed by atoms with E-state index in [4.69, 9.17) is 0 Å². The Balaban J connectivity index is -0.000000431. The molecule has 2 rings (SSSR count). The molecule has 1 nitrogen and oxygen atoms in total. The summed E-state index contributed by atoms with van der Waals surface area (Å²) < 4.78 is 0. The zero-order chi connectivity index (χ0) is 15.4. The summed E-state index contributed by atoms with van der Waals surface area (Å²) in [6.45, 7) is 12.7. The third-order valence-corrected chi connectivity index (χ3v) is 3.24. The van der Waals surface area contributed by atoms with Gasteiger partial charge in [0.15, 0.2) is 0 Å². The van der Waals surface area contributed by atoms with Crippen LogP contribution in [0.2, 0.25) is 0 Å². The summed E-state index contributed by atoms with van der Waals surface area (Å²) in [5.41, 5.74) is 2.03. The Labute approximate surface area is 178 Å². The smallest absolute Gasteiger partial charge is 1.00 e. The van der Waals surface area contributed by atoms with Gasteiger partial charge in [0.25, 0.3) is 0 Å². The molecule has 0 saturated carbocycles. The van der Waals surface area contributed by atoms with Crippen molar-refractivity contribution in [3.63, 3.8) is 0 Å². The molecule has 1 aromatic carbocycles. The summed E-state index contributed by atoms with van der Waals surface area (Å²) in [4.78, 5) is 0. The predicted molar refractivity (Wildman–Crippen MR) is 87.1 cm³/mol. The number of hydrogen-bond acceptors (Lipinski definition) is 1. The molecule has 1 aliphatic rings. The molecule has 0 atom stereocenters. The van der Waals surface area contributed by atoms with Crippen molar-refractivity contribution in [1.29, 1.82) is 0 Å². The molecule has 0 spiro atoms. The molecule has 1 aliphatic carbocycles. The van der Waals surface area contributed by atoms with Crippen LogP contribution in [0.5, 0.6) is 5.75 Å². The predicted octanol–water partition coefficient (Wildman–Crippen LogP) is -0.702. The van der Waals surface area contributed by atoms with Crippen molar-refractivity contribution in [2.75, 3.05) is 0 Å². The summed E-state index contributed by atoms with van der Waals surface area (Å²) in [6, 6.07) is 6.04. The van der Waals surface area contributed by atoms with E-state index in [1.165, 1.54) is 0 Å². The number of allylic oxidation sites excluding steroid dienone is 4. The standard InChI is InChI=1S/C14H22O.C5H5.2BrH.Ti/c1-13(2,3)10-8-7-9-11(12(10)15)14(4,5)6;1-2-4-5-3-1;;;/h7-9,15H,1-6H3;1-3H,4H2;2*1H;/q;-1;;;+3/p-2. The van der Waals surface area contributed by atoms with Gasteiger partial charge in [-0.05, 0) is 22.0 Å². The van der Waals surface area contributed by atoms with Gasteiger partial charge in [-0.2, -0.15) is 6.08 Å². The largest absolute Gasteiger partial charge is 3.00 e. The molecule has 23 heavy (non-hydrogen) atoms. The van der Waals surface area contributed by atoms with Crippen LogP contribution in [-0.2, 0) is 32.5 Å². The van der Waals surface area contributed by atoms with E-state index in [0.29, 0.717) is 5.75 Å². The van der Waals surface area contributed by atoms with E-state index in [2.05, 4.69) is 53.7 Å². The minimum atomic E-state index is -0.00859. The SMILES string of the molecule is CC(C)(C)c1cccc(C(C)(C)C)c1O.[Br-].[Br-].[C-]1=CC=CC1.[Ti+3]. The molecule has 0 saturated heterocycles. The van der Waals surface area contributed by atoms with Crippen LogP contribution in [0.4, 0.5) is 0 Å². The van der Waals surface area contributed by atoms with Crippen LogP contribution in [0.15, 0.2) is 36.4 Å². The van der Waals surface area contributed by atoms with Crippen molar-refractivity contribution in [3.8, 4) is 5.75 Å². The van der Waals surface area contributed by atoms with Gasteiger partial charge in [-0.25, -0.2) is 12.2 Å². The molecule has 0 heterocycles. The minimum Gasteiger partial charge on any atom is -1.00 e. The third-order valence-electron chi connectivity index (χ3n) is 3.24. The van der Waals surface area contributed by atoms with Crippen LogP contribution in [-0.4, -0.2) is 5.11 Å². The fourth-order valence-corrected chi connectivity index (χ4v) is 2.09. The molecule has 0 fully saturated rings.